The Hall–Kier alpha value is -2.78. The summed E-state index contributed by atoms with van der Waals surface area (Å²) < 4.78 is 27.0. The standard InChI is InChI=1S/C20H24N4O4S/c1-15(19(25)23-17-8-5-11-21-13-17)22-20(26)16-7-6-12-24(14-16)29(27,28)18-9-3-2-4-10-18/h2-5,8-11,13,15-16H,6-7,12,14H2,1H3,(H,22,26)(H,23,25)/t15-,16?/m0/s1. The van der Waals surface area contributed by atoms with Gasteiger partial charge in [-0.15, -0.1) is 0 Å². The normalized spacial score (nSPS) is 18.6. The van der Waals surface area contributed by atoms with Crippen molar-refractivity contribution >= 4 is 27.5 Å². The van der Waals surface area contributed by atoms with Gasteiger partial charge in [0.2, 0.25) is 21.8 Å². The number of nitrogens with one attached hydrogen (secondary N) is 2. The van der Waals surface area contributed by atoms with Crippen molar-refractivity contribution in [1.29, 1.82) is 0 Å². The maximum Gasteiger partial charge on any atom is 0.246 e. The summed E-state index contributed by atoms with van der Waals surface area (Å²) in [6, 6.07) is 10.8. The predicted molar refractivity (Wildman–Crippen MR) is 108 cm³/mol. The summed E-state index contributed by atoms with van der Waals surface area (Å²) in [5, 5.41) is 5.37. The number of carbonyl (C=O) groups is 2. The molecule has 1 saturated heterocycles. The Morgan fingerprint density at radius 2 is 1.93 bits per heavy atom. The van der Waals surface area contributed by atoms with E-state index in [4.69, 9.17) is 0 Å². The molecule has 1 aliphatic rings. The molecule has 3 rings (SSSR count). The van der Waals surface area contributed by atoms with Gasteiger partial charge in [-0.05, 0) is 44.0 Å². The van der Waals surface area contributed by atoms with Crippen molar-refractivity contribution in [2.75, 3.05) is 18.4 Å². The zero-order valence-electron chi connectivity index (χ0n) is 16.1. The van der Waals surface area contributed by atoms with Crippen LogP contribution in [0.25, 0.3) is 0 Å². The van der Waals surface area contributed by atoms with Crippen molar-refractivity contribution < 1.29 is 18.0 Å². The predicted octanol–water partition coefficient (Wildman–Crippen LogP) is 1.63. The first-order chi connectivity index (χ1) is 13.9. The first-order valence-electron chi connectivity index (χ1n) is 9.44. The molecule has 0 saturated carbocycles. The third-order valence-electron chi connectivity index (χ3n) is 4.82. The van der Waals surface area contributed by atoms with Gasteiger partial charge in [0.05, 0.1) is 22.7 Å². The summed E-state index contributed by atoms with van der Waals surface area (Å²) in [5.74, 6) is -1.20. The molecule has 8 nitrogen and oxygen atoms in total. The first-order valence-corrected chi connectivity index (χ1v) is 10.9. The molecular weight excluding hydrogens is 392 g/mol. The molecule has 2 heterocycles. The largest absolute Gasteiger partial charge is 0.344 e. The lowest BCUT2D eigenvalue weighted by atomic mass is 9.98. The Labute approximate surface area is 170 Å². The Morgan fingerprint density at radius 1 is 1.17 bits per heavy atom. The molecule has 0 aliphatic carbocycles. The second kappa shape index (κ2) is 9.15. The van der Waals surface area contributed by atoms with Crippen LogP contribution in [-0.4, -0.2) is 48.7 Å². The van der Waals surface area contributed by atoms with E-state index in [0.717, 1.165) is 0 Å². The third-order valence-corrected chi connectivity index (χ3v) is 6.70. The quantitative estimate of drug-likeness (QED) is 0.744. The molecule has 9 heteroatoms. The van der Waals surface area contributed by atoms with Crippen molar-refractivity contribution in [3.05, 3.63) is 54.9 Å². The van der Waals surface area contributed by atoms with Crippen molar-refractivity contribution in [2.45, 2.75) is 30.7 Å². The summed E-state index contributed by atoms with van der Waals surface area (Å²) in [4.78, 5) is 29.1. The molecule has 1 unspecified atom stereocenters. The number of aromatic nitrogens is 1. The van der Waals surface area contributed by atoms with Gasteiger partial charge in [-0.3, -0.25) is 14.6 Å². The van der Waals surface area contributed by atoms with E-state index < -0.39 is 22.0 Å². The zero-order valence-corrected chi connectivity index (χ0v) is 16.9. The number of hydrogen-bond donors (Lipinski definition) is 2. The second-order valence-electron chi connectivity index (χ2n) is 6.98. The topological polar surface area (TPSA) is 108 Å². The van der Waals surface area contributed by atoms with Crippen LogP contribution >= 0.6 is 0 Å². The van der Waals surface area contributed by atoms with E-state index in [-0.39, 0.29) is 23.3 Å². The Balaban J connectivity index is 1.60. The molecule has 2 aromatic rings. The minimum Gasteiger partial charge on any atom is -0.344 e. The van der Waals surface area contributed by atoms with Crippen molar-refractivity contribution in [1.82, 2.24) is 14.6 Å². The maximum atomic E-state index is 12.8. The lowest BCUT2D eigenvalue weighted by Crippen LogP contribution is -2.49. The van der Waals surface area contributed by atoms with Crippen LogP contribution in [0.3, 0.4) is 0 Å². The van der Waals surface area contributed by atoms with Gasteiger partial charge >= 0.3 is 0 Å². The van der Waals surface area contributed by atoms with Gasteiger partial charge in [0.25, 0.3) is 0 Å². The van der Waals surface area contributed by atoms with Gasteiger partial charge in [-0.25, -0.2) is 8.42 Å². The lowest BCUT2D eigenvalue weighted by Gasteiger charge is -2.31. The zero-order chi connectivity index (χ0) is 20.9. The summed E-state index contributed by atoms with van der Waals surface area (Å²) in [6.07, 6.45) is 4.27. The fraction of sp³-hybridized carbons (Fsp3) is 0.350. The number of hydrogen-bond acceptors (Lipinski definition) is 5. The highest BCUT2D eigenvalue weighted by Gasteiger charge is 2.34. The molecule has 0 radical (unpaired) electrons. The van der Waals surface area contributed by atoms with Crippen LogP contribution < -0.4 is 10.6 Å². The number of sulfonamides is 1. The van der Waals surface area contributed by atoms with E-state index in [1.807, 2.05) is 0 Å². The SMILES string of the molecule is C[C@H](NC(=O)C1CCCN(S(=O)(=O)c2ccccc2)C1)C(=O)Nc1cccnc1. The summed E-state index contributed by atoms with van der Waals surface area (Å²) >= 11 is 0. The third kappa shape index (κ3) is 5.18. The Bertz CT molecular complexity index is 951. The highest BCUT2D eigenvalue weighted by atomic mass is 32.2. The molecule has 154 valence electrons. The molecule has 0 bridgehead atoms. The number of anilines is 1. The van der Waals surface area contributed by atoms with E-state index in [9.17, 15) is 18.0 Å². The number of carbonyl (C=O) groups excluding carboxylic acids is 2. The maximum absolute atomic E-state index is 12.8. The van der Waals surface area contributed by atoms with Crippen LogP contribution in [0.5, 0.6) is 0 Å². The summed E-state index contributed by atoms with van der Waals surface area (Å²) in [7, 11) is -3.65. The monoisotopic (exact) mass is 416 g/mol. The minimum atomic E-state index is -3.65. The molecule has 2 atom stereocenters. The van der Waals surface area contributed by atoms with Crippen LogP contribution in [0.4, 0.5) is 5.69 Å². The number of pyridine rings is 1. The minimum absolute atomic E-state index is 0.0972. The summed E-state index contributed by atoms with van der Waals surface area (Å²) in [6.45, 7) is 2.06. The molecule has 1 aliphatic heterocycles. The van der Waals surface area contributed by atoms with E-state index in [1.165, 1.54) is 10.5 Å². The smallest absolute Gasteiger partial charge is 0.246 e. The van der Waals surface area contributed by atoms with E-state index in [1.54, 1.807) is 55.6 Å². The Morgan fingerprint density at radius 3 is 2.62 bits per heavy atom. The molecule has 1 aromatic carbocycles. The fourth-order valence-electron chi connectivity index (χ4n) is 3.20. The fourth-order valence-corrected chi connectivity index (χ4v) is 4.75. The molecule has 29 heavy (non-hydrogen) atoms. The van der Waals surface area contributed by atoms with Crippen molar-refractivity contribution in [3.8, 4) is 0 Å². The number of amides is 2. The van der Waals surface area contributed by atoms with Gasteiger partial charge in [-0.1, -0.05) is 18.2 Å². The van der Waals surface area contributed by atoms with E-state index in [0.29, 0.717) is 25.1 Å². The average molecular weight is 417 g/mol. The molecule has 2 N–H and O–H groups in total. The number of benzene rings is 1. The first kappa shape index (κ1) is 20.9. The van der Waals surface area contributed by atoms with Gasteiger partial charge in [0.1, 0.15) is 6.04 Å². The lowest BCUT2D eigenvalue weighted by molar-refractivity contribution is -0.129. The van der Waals surface area contributed by atoms with Crippen LogP contribution in [0.2, 0.25) is 0 Å². The highest BCUT2D eigenvalue weighted by molar-refractivity contribution is 7.89. The Kier molecular flexibility index (Phi) is 6.60. The van der Waals surface area contributed by atoms with Crippen LogP contribution in [0.1, 0.15) is 19.8 Å². The van der Waals surface area contributed by atoms with Crippen LogP contribution in [0.15, 0.2) is 59.8 Å². The van der Waals surface area contributed by atoms with E-state index >= 15 is 0 Å². The molecular formula is C20H24N4O4S. The van der Waals surface area contributed by atoms with Gasteiger partial charge in [0, 0.05) is 19.3 Å². The summed E-state index contributed by atoms with van der Waals surface area (Å²) in [5.41, 5.74) is 0.538. The van der Waals surface area contributed by atoms with Gasteiger partial charge in [-0.2, -0.15) is 4.31 Å². The van der Waals surface area contributed by atoms with Crippen molar-refractivity contribution in [3.63, 3.8) is 0 Å². The number of nitrogens with zero attached hydrogens (tertiary/aromatic N) is 2. The van der Waals surface area contributed by atoms with Gasteiger partial charge in [0.15, 0.2) is 0 Å². The van der Waals surface area contributed by atoms with Gasteiger partial charge < -0.3 is 10.6 Å². The number of piperidine rings is 1. The average Bonchev–Trinajstić information content (AvgIpc) is 2.75. The van der Waals surface area contributed by atoms with E-state index in [2.05, 4.69) is 15.6 Å². The van der Waals surface area contributed by atoms with Crippen LogP contribution in [0, 0.1) is 5.92 Å². The molecule has 0 spiro atoms. The highest BCUT2D eigenvalue weighted by Crippen LogP contribution is 2.24. The van der Waals surface area contributed by atoms with Crippen LogP contribution in [-0.2, 0) is 19.6 Å². The van der Waals surface area contributed by atoms with Crippen molar-refractivity contribution in [2.24, 2.45) is 5.92 Å². The number of rotatable bonds is 6. The molecule has 1 aromatic heterocycles. The second-order valence-corrected chi connectivity index (χ2v) is 8.91. The molecule has 2 amide bonds. The molecule has 1 fully saturated rings.